The normalized spacial score (nSPS) is 15.7. The maximum atomic E-state index is 11.8. The third-order valence-corrected chi connectivity index (χ3v) is 4.12. The number of para-hydroxylation sites is 2. The Balaban J connectivity index is 1.41. The van der Waals surface area contributed by atoms with E-state index in [9.17, 15) is 9.59 Å². The van der Waals surface area contributed by atoms with Gasteiger partial charge in [0.15, 0.2) is 11.5 Å². The number of fused-ring (bicyclic) bond motifs is 1. The Morgan fingerprint density at radius 3 is 2.74 bits per heavy atom. The highest BCUT2D eigenvalue weighted by Crippen LogP contribution is 2.30. The molecule has 1 aromatic heterocycles. The van der Waals surface area contributed by atoms with Crippen LogP contribution in [0.1, 0.15) is 9.67 Å². The molecule has 0 saturated carbocycles. The predicted molar refractivity (Wildman–Crippen MR) is 86.0 cm³/mol. The Kier molecular flexibility index (Phi) is 4.77. The zero-order valence-corrected chi connectivity index (χ0v) is 13.1. The van der Waals surface area contributed by atoms with E-state index in [1.807, 2.05) is 29.6 Å². The molecule has 2 aromatic rings. The highest BCUT2D eigenvalue weighted by Gasteiger charge is 2.21. The van der Waals surface area contributed by atoms with Crippen LogP contribution in [0.15, 0.2) is 41.8 Å². The lowest BCUT2D eigenvalue weighted by Crippen LogP contribution is -2.44. The second-order valence-corrected chi connectivity index (χ2v) is 5.91. The maximum absolute atomic E-state index is 11.8. The molecule has 1 atom stereocenters. The number of ether oxygens (including phenoxy) is 2. The summed E-state index contributed by atoms with van der Waals surface area (Å²) in [4.78, 5) is 24.1. The Morgan fingerprint density at radius 1 is 1.13 bits per heavy atom. The van der Waals surface area contributed by atoms with Crippen LogP contribution in [-0.4, -0.2) is 37.6 Å². The van der Waals surface area contributed by atoms with Crippen LogP contribution >= 0.6 is 11.3 Å². The largest absolute Gasteiger partial charge is 0.486 e. The van der Waals surface area contributed by atoms with Crippen LogP contribution in [0.25, 0.3) is 0 Å². The van der Waals surface area contributed by atoms with Crippen LogP contribution in [-0.2, 0) is 4.79 Å². The van der Waals surface area contributed by atoms with E-state index in [-0.39, 0.29) is 24.5 Å². The number of rotatable bonds is 5. The molecule has 2 heterocycles. The third-order valence-electron chi connectivity index (χ3n) is 3.25. The molecule has 7 heteroatoms. The minimum Gasteiger partial charge on any atom is -0.486 e. The van der Waals surface area contributed by atoms with Crippen LogP contribution < -0.4 is 20.1 Å². The molecule has 6 nitrogen and oxygen atoms in total. The molecule has 1 aliphatic rings. The number of carbonyl (C=O) groups is 2. The lowest BCUT2D eigenvalue weighted by molar-refractivity contribution is -0.120. The quantitative estimate of drug-likeness (QED) is 0.868. The molecular formula is C16H16N2O4S. The fraction of sp³-hybridized carbons (Fsp3) is 0.250. The summed E-state index contributed by atoms with van der Waals surface area (Å²) in [6.45, 7) is 0.627. The Labute approximate surface area is 137 Å². The molecule has 1 aliphatic heterocycles. The van der Waals surface area contributed by atoms with Gasteiger partial charge >= 0.3 is 0 Å². The van der Waals surface area contributed by atoms with E-state index in [0.29, 0.717) is 29.5 Å². The summed E-state index contributed by atoms with van der Waals surface area (Å²) < 4.78 is 11.3. The summed E-state index contributed by atoms with van der Waals surface area (Å²) in [7, 11) is 0. The fourth-order valence-electron chi connectivity index (χ4n) is 2.11. The average molecular weight is 332 g/mol. The van der Waals surface area contributed by atoms with Gasteiger partial charge in [-0.3, -0.25) is 9.59 Å². The van der Waals surface area contributed by atoms with Gasteiger partial charge in [0, 0.05) is 0 Å². The van der Waals surface area contributed by atoms with E-state index in [2.05, 4.69) is 10.6 Å². The zero-order chi connectivity index (χ0) is 16.1. The molecule has 0 radical (unpaired) electrons. The number of thiophene rings is 1. The zero-order valence-electron chi connectivity index (χ0n) is 12.3. The van der Waals surface area contributed by atoms with Gasteiger partial charge in [0.05, 0.1) is 18.0 Å². The van der Waals surface area contributed by atoms with Gasteiger partial charge in [-0.05, 0) is 23.6 Å². The SMILES string of the molecule is O=C(CNC(=O)c1cccs1)NC[C@@H]1COc2ccccc2O1. The van der Waals surface area contributed by atoms with Crippen molar-refractivity contribution in [3.05, 3.63) is 46.7 Å². The Morgan fingerprint density at radius 2 is 1.96 bits per heavy atom. The van der Waals surface area contributed by atoms with Crippen molar-refractivity contribution >= 4 is 23.2 Å². The van der Waals surface area contributed by atoms with Gasteiger partial charge in [0.2, 0.25) is 5.91 Å². The highest BCUT2D eigenvalue weighted by atomic mass is 32.1. The standard InChI is InChI=1S/C16H16N2O4S/c19-15(9-18-16(20)14-6-3-7-23-14)17-8-11-10-21-12-4-1-2-5-13(12)22-11/h1-7,11H,8-10H2,(H,17,19)(H,18,20)/t11-/m1/s1. The molecular weight excluding hydrogens is 316 g/mol. The molecule has 0 bridgehead atoms. The van der Waals surface area contributed by atoms with Crippen molar-refractivity contribution in [2.45, 2.75) is 6.10 Å². The summed E-state index contributed by atoms with van der Waals surface area (Å²) in [5.74, 6) is 0.862. The van der Waals surface area contributed by atoms with Crippen LogP contribution in [0, 0.1) is 0 Å². The first-order valence-electron chi connectivity index (χ1n) is 7.19. The van der Waals surface area contributed by atoms with Gasteiger partial charge in [-0.25, -0.2) is 0 Å². The highest BCUT2D eigenvalue weighted by molar-refractivity contribution is 7.12. The molecule has 0 saturated heterocycles. The molecule has 2 amide bonds. The van der Waals surface area contributed by atoms with E-state index in [0.717, 1.165) is 0 Å². The molecule has 0 fully saturated rings. The van der Waals surface area contributed by atoms with E-state index < -0.39 is 0 Å². The molecule has 0 aliphatic carbocycles. The van der Waals surface area contributed by atoms with Crippen molar-refractivity contribution < 1.29 is 19.1 Å². The fourth-order valence-corrected chi connectivity index (χ4v) is 2.75. The number of amides is 2. The monoisotopic (exact) mass is 332 g/mol. The van der Waals surface area contributed by atoms with Gasteiger partial charge in [-0.1, -0.05) is 18.2 Å². The summed E-state index contributed by atoms with van der Waals surface area (Å²) in [5, 5.41) is 7.12. The van der Waals surface area contributed by atoms with Crippen molar-refractivity contribution in [1.29, 1.82) is 0 Å². The maximum Gasteiger partial charge on any atom is 0.261 e. The molecule has 3 rings (SSSR count). The number of hydrogen-bond acceptors (Lipinski definition) is 5. The first-order valence-corrected chi connectivity index (χ1v) is 8.07. The molecule has 0 unspecified atom stereocenters. The van der Waals surface area contributed by atoms with Crippen molar-refractivity contribution in [3.63, 3.8) is 0 Å². The van der Waals surface area contributed by atoms with Gasteiger partial charge < -0.3 is 20.1 Å². The van der Waals surface area contributed by atoms with Gasteiger partial charge in [-0.2, -0.15) is 0 Å². The molecule has 2 N–H and O–H groups in total. The Bertz CT molecular complexity index is 687. The van der Waals surface area contributed by atoms with Crippen molar-refractivity contribution in [3.8, 4) is 11.5 Å². The predicted octanol–water partition coefficient (Wildman–Crippen LogP) is 1.43. The van der Waals surface area contributed by atoms with Crippen LogP contribution in [0.2, 0.25) is 0 Å². The number of hydrogen-bond donors (Lipinski definition) is 2. The topological polar surface area (TPSA) is 76.7 Å². The second kappa shape index (κ2) is 7.15. The summed E-state index contributed by atoms with van der Waals surface area (Å²) in [6, 6.07) is 10.9. The lowest BCUT2D eigenvalue weighted by atomic mass is 10.2. The second-order valence-electron chi connectivity index (χ2n) is 4.96. The summed E-state index contributed by atoms with van der Waals surface area (Å²) in [6.07, 6.45) is -0.248. The van der Waals surface area contributed by atoms with Gasteiger partial charge in [0.25, 0.3) is 5.91 Å². The first kappa shape index (κ1) is 15.4. The summed E-state index contributed by atoms with van der Waals surface area (Å²) in [5.41, 5.74) is 0. The van der Waals surface area contributed by atoms with E-state index in [4.69, 9.17) is 9.47 Å². The average Bonchev–Trinajstić information content (AvgIpc) is 3.12. The van der Waals surface area contributed by atoms with Crippen LogP contribution in [0.3, 0.4) is 0 Å². The Hall–Kier alpha value is -2.54. The van der Waals surface area contributed by atoms with Crippen molar-refractivity contribution in [2.75, 3.05) is 19.7 Å². The molecule has 1 aromatic carbocycles. The van der Waals surface area contributed by atoms with Crippen molar-refractivity contribution in [1.82, 2.24) is 10.6 Å². The van der Waals surface area contributed by atoms with Crippen molar-refractivity contribution in [2.24, 2.45) is 0 Å². The van der Waals surface area contributed by atoms with E-state index >= 15 is 0 Å². The number of carbonyl (C=O) groups excluding carboxylic acids is 2. The molecule has 23 heavy (non-hydrogen) atoms. The minimum absolute atomic E-state index is 0.0686. The van der Waals surface area contributed by atoms with Gasteiger partial charge in [0.1, 0.15) is 12.7 Å². The lowest BCUT2D eigenvalue weighted by Gasteiger charge is -2.26. The minimum atomic E-state index is -0.266. The smallest absolute Gasteiger partial charge is 0.261 e. The van der Waals surface area contributed by atoms with Crippen LogP contribution in [0.4, 0.5) is 0 Å². The summed E-state index contributed by atoms with van der Waals surface area (Å²) >= 11 is 1.33. The number of benzene rings is 1. The van der Waals surface area contributed by atoms with E-state index in [1.54, 1.807) is 12.1 Å². The van der Waals surface area contributed by atoms with Crippen LogP contribution in [0.5, 0.6) is 11.5 Å². The van der Waals surface area contributed by atoms with E-state index in [1.165, 1.54) is 11.3 Å². The first-order chi connectivity index (χ1) is 11.2. The van der Waals surface area contributed by atoms with Gasteiger partial charge in [-0.15, -0.1) is 11.3 Å². The number of nitrogens with one attached hydrogen (secondary N) is 2. The molecule has 0 spiro atoms. The molecule has 120 valence electrons. The third kappa shape index (κ3) is 4.01.